The predicted molar refractivity (Wildman–Crippen MR) is 54.4 cm³/mol. The fraction of sp³-hybridized carbons (Fsp3) is 1.00. The highest BCUT2D eigenvalue weighted by Gasteiger charge is 2.64. The van der Waals surface area contributed by atoms with Crippen molar-refractivity contribution in [2.24, 2.45) is 17.8 Å². The van der Waals surface area contributed by atoms with Crippen molar-refractivity contribution < 1.29 is 0 Å². The summed E-state index contributed by atoms with van der Waals surface area (Å²) in [6.07, 6.45) is 6.08. The summed E-state index contributed by atoms with van der Waals surface area (Å²) >= 11 is 2.31. The van der Waals surface area contributed by atoms with Crippen LogP contribution in [0.5, 0.6) is 0 Å². The molecule has 5 atom stereocenters. The Balaban J connectivity index is 1.83. The molecule has 0 aromatic carbocycles. The van der Waals surface area contributed by atoms with Crippen LogP contribution in [0.1, 0.15) is 39.5 Å². The molecule has 0 bridgehead atoms. The van der Waals surface area contributed by atoms with Crippen LogP contribution >= 0.6 is 11.8 Å². The summed E-state index contributed by atoms with van der Waals surface area (Å²) in [5.41, 5.74) is 0. The Bertz CT molecular complexity index is 213. The summed E-state index contributed by atoms with van der Waals surface area (Å²) < 4.78 is 0.740. The van der Waals surface area contributed by atoms with Crippen LogP contribution < -0.4 is 0 Å². The van der Waals surface area contributed by atoms with E-state index in [0.717, 1.165) is 27.8 Å². The fourth-order valence-corrected chi connectivity index (χ4v) is 5.91. The smallest absolute Gasteiger partial charge is 0.0204 e. The Kier molecular flexibility index (Phi) is 1.44. The van der Waals surface area contributed by atoms with E-state index in [1.54, 1.807) is 19.3 Å². The average Bonchev–Trinajstić information content (AvgIpc) is 2.10. The van der Waals surface area contributed by atoms with E-state index in [1.165, 1.54) is 6.42 Å². The van der Waals surface area contributed by atoms with Crippen molar-refractivity contribution in [2.75, 3.05) is 0 Å². The van der Waals surface area contributed by atoms with Crippen molar-refractivity contribution in [3.63, 3.8) is 0 Å². The maximum absolute atomic E-state index is 2.54. The molecule has 2 aliphatic carbocycles. The van der Waals surface area contributed by atoms with E-state index in [9.17, 15) is 0 Å². The largest absolute Gasteiger partial charge is 0.151 e. The van der Waals surface area contributed by atoms with E-state index in [1.807, 2.05) is 0 Å². The molecule has 0 radical (unpaired) electrons. The monoisotopic (exact) mass is 182 g/mol. The molecular weight excluding hydrogens is 164 g/mol. The Morgan fingerprint density at radius 3 is 2.67 bits per heavy atom. The average molecular weight is 182 g/mol. The zero-order valence-corrected chi connectivity index (χ0v) is 8.86. The highest BCUT2D eigenvalue weighted by atomic mass is 32.2. The molecule has 0 spiro atoms. The van der Waals surface area contributed by atoms with Crippen LogP contribution in [0, 0.1) is 17.8 Å². The lowest BCUT2D eigenvalue weighted by Gasteiger charge is -2.53. The van der Waals surface area contributed by atoms with Crippen LogP contribution in [0.3, 0.4) is 0 Å². The zero-order valence-electron chi connectivity index (χ0n) is 8.05. The quantitative estimate of drug-likeness (QED) is 0.599. The van der Waals surface area contributed by atoms with Crippen LogP contribution in [0.2, 0.25) is 0 Å². The third-order valence-corrected chi connectivity index (χ3v) is 6.78. The molecule has 0 N–H and O–H groups in total. The lowest BCUT2D eigenvalue weighted by atomic mass is 9.72. The van der Waals surface area contributed by atoms with Crippen molar-refractivity contribution >= 4 is 11.8 Å². The van der Waals surface area contributed by atoms with E-state index in [2.05, 4.69) is 25.6 Å². The van der Waals surface area contributed by atoms with Gasteiger partial charge in [0.1, 0.15) is 0 Å². The molecule has 1 heteroatoms. The molecule has 0 amide bonds. The molecule has 3 aliphatic rings. The van der Waals surface area contributed by atoms with E-state index in [-0.39, 0.29) is 0 Å². The third kappa shape index (κ3) is 0.685. The van der Waals surface area contributed by atoms with Gasteiger partial charge in [-0.1, -0.05) is 6.92 Å². The highest BCUT2D eigenvalue weighted by Crippen LogP contribution is 2.70. The first-order valence-electron chi connectivity index (χ1n) is 5.43. The zero-order chi connectivity index (χ0) is 8.34. The first-order chi connectivity index (χ1) is 5.75. The van der Waals surface area contributed by atoms with Gasteiger partial charge in [-0.2, -0.15) is 11.8 Å². The molecule has 0 aromatic rings. The van der Waals surface area contributed by atoms with Gasteiger partial charge in [0.2, 0.25) is 0 Å². The topological polar surface area (TPSA) is 0 Å². The van der Waals surface area contributed by atoms with Crippen molar-refractivity contribution in [2.45, 2.75) is 49.5 Å². The van der Waals surface area contributed by atoms with E-state index < -0.39 is 0 Å². The van der Waals surface area contributed by atoms with Gasteiger partial charge >= 0.3 is 0 Å². The third-order valence-electron chi connectivity index (χ3n) is 4.70. The van der Waals surface area contributed by atoms with Gasteiger partial charge < -0.3 is 0 Å². The Morgan fingerprint density at radius 1 is 1.33 bits per heavy atom. The minimum absolute atomic E-state index is 0.740. The van der Waals surface area contributed by atoms with Crippen LogP contribution in [0.4, 0.5) is 0 Å². The number of fused-ring (bicyclic) bond motifs is 3. The van der Waals surface area contributed by atoms with E-state index in [0.29, 0.717) is 0 Å². The molecule has 12 heavy (non-hydrogen) atoms. The van der Waals surface area contributed by atoms with Crippen LogP contribution in [0.15, 0.2) is 0 Å². The lowest BCUT2D eigenvalue weighted by molar-refractivity contribution is 0.188. The molecular formula is C11H18S. The van der Waals surface area contributed by atoms with Gasteiger partial charge in [0, 0.05) is 10.00 Å². The highest BCUT2D eigenvalue weighted by molar-refractivity contribution is 8.02. The molecule has 0 nitrogen and oxygen atoms in total. The first kappa shape index (κ1) is 7.73. The molecule has 3 rings (SSSR count). The van der Waals surface area contributed by atoms with Crippen molar-refractivity contribution in [3.05, 3.63) is 0 Å². The molecule has 68 valence electrons. The number of hydrogen-bond donors (Lipinski definition) is 0. The van der Waals surface area contributed by atoms with Gasteiger partial charge in [-0.25, -0.2) is 0 Å². The van der Waals surface area contributed by atoms with Gasteiger partial charge in [0.05, 0.1) is 0 Å². The SMILES string of the molecule is CCC1SC2(C)C3CCC3CC12. The summed E-state index contributed by atoms with van der Waals surface area (Å²) in [5, 5.41) is 1.03. The molecule has 5 unspecified atom stereocenters. The second-order valence-corrected chi connectivity index (χ2v) is 6.76. The second kappa shape index (κ2) is 2.23. The van der Waals surface area contributed by atoms with Crippen LogP contribution in [0.25, 0.3) is 0 Å². The summed E-state index contributed by atoms with van der Waals surface area (Å²) in [5.74, 6) is 3.37. The molecule has 1 saturated heterocycles. The number of rotatable bonds is 1. The molecule has 2 saturated carbocycles. The maximum atomic E-state index is 2.54. The van der Waals surface area contributed by atoms with Gasteiger partial charge in [0.25, 0.3) is 0 Å². The summed E-state index contributed by atoms with van der Waals surface area (Å²) in [6, 6.07) is 0. The van der Waals surface area contributed by atoms with Crippen LogP contribution in [-0.4, -0.2) is 10.00 Å². The Morgan fingerprint density at radius 2 is 2.17 bits per heavy atom. The first-order valence-corrected chi connectivity index (χ1v) is 6.31. The summed E-state index contributed by atoms with van der Waals surface area (Å²) in [6.45, 7) is 4.90. The van der Waals surface area contributed by atoms with Gasteiger partial charge in [-0.3, -0.25) is 0 Å². The van der Waals surface area contributed by atoms with Crippen molar-refractivity contribution in [1.82, 2.24) is 0 Å². The minimum Gasteiger partial charge on any atom is -0.151 e. The molecule has 1 aliphatic heterocycles. The van der Waals surface area contributed by atoms with Crippen molar-refractivity contribution in [3.8, 4) is 0 Å². The van der Waals surface area contributed by atoms with Gasteiger partial charge in [-0.05, 0) is 50.4 Å². The number of hydrogen-bond acceptors (Lipinski definition) is 1. The van der Waals surface area contributed by atoms with Gasteiger partial charge in [0.15, 0.2) is 0 Å². The maximum Gasteiger partial charge on any atom is 0.0204 e. The standard InChI is InChI=1S/C11H18S/c1-3-10-9-6-7-4-5-8(7)11(9,2)12-10/h7-10H,3-6H2,1-2H3. The molecule has 0 aromatic heterocycles. The number of thioether (sulfide) groups is 1. The lowest BCUT2D eigenvalue weighted by Crippen LogP contribution is -2.50. The molecule has 3 fully saturated rings. The fourth-order valence-electron chi connectivity index (χ4n) is 3.84. The summed E-state index contributed by atoms with van der Waals surface area (Å²) in [4.78, 5) is 0. The van der Waals surface area contributed by atoms with Crippen LogP contribution in [-0.2, 0) is 0 Å². The van der Waals surface area contributed by atoms with E-state index >= 15 is 0 Å². The van der Waals surface area contributed by atoms with Crippen molar-refractivity contribution in [1.29, 1.82) is 0 Å². The van der Waals surface area contributed by atoms with Gasteiger partial charge in [-0.15, -0.1) is 0 Å². The minimum atomic E-state index is 0.740. The normalized spacial score (nSPS) is 61.5. The van der Waals surface area contributed by atoms with E-state index in [4.69, 9.17) is 0 Å². The Hall–Kier alpha value is 0.350. The Labute approximate surface area is 79.5 Å². The summed E-state index contributed by atoms with van der Waals surface area (Å²) in [7, 11) is 0. The predicted octanol–water partition coefficient (Wildman–Crippen LogP) is 3.32. The second-order valence-electron chi connectivity index (χ2n) is 5.03. The molecule has 1 heterocycles.